The van der Waals surface area contributed by atoms with E-state index in [-0.39, 0.29) is 0 Å². The van der Waals surface area contributed by atoms with Crippen molar-refractivity contribution >= 4 is 11.9 Å². The Morgan fingerprint density at radius 3 is 1.57 bits per heavy atom. The minimum absolute atomic E-state index is 0.491. The van der Waals surface area contributed by atoms with Crippen molar-refractivity contribution in [1.82, 2.24) is 0 Å². The first-order valence-corrected chi connectivity index (χ1v) is 10.6. The van der Waals surface area contributed by atoms with Gasteiger partial charge < -0.3 is 14.2 Å². The van der Waals surface area contributed by atoms with Crippen LogP contribution in [0.1, 0.15) is 33.1 Å². The van der Waals surface area contributed by atoms with E-state index in [1.54, 1.807) is 0 Å². The van der Waals surface area contributed by atoms with E-state index in [4.69, 9.17) is 0 Å². The Kier molecular flexibility index (Phi) is 9.74. The van der Waals surface area contributed by atoms with Gasteiger partial charge >= 0.3 is 53.9 Å². The van der Waals surface area contributed by atoms with Crippen LogP contribution in [0.5, 0.6) is 0 Å². The molecular formula is C19H18F16O5. The molecule has 1 unspecified atom stereocenters. The highest BCUT2D eigenvalue weighted by Gasteiger charge is 2.96. The van der Waals surface area contributed by atoms with Crippen LogP contribution in [0.2, 0.25) is 0 Å². The molecule has 0 bridgehead atoms. The molecule has 1 aliphatic rings. The highest BCUT2D eigenvalue weighted by atomic mass is 19.4. The molecule has 0 N–H and O–H groups in total. The quantitative estimate of drug-likeness (QED) is 0.160. The highest BCUT2D eigenvalue weighted by molar-refractivity contribution is 5.76. The molecular weight excluding hydrogens is 612 g/mol. The fourth-order valence-corrected chi connectivity index (χ4v) is 3.01. The Labute approximate surface area is 213 Å². The highest BCUT2D eigenvalue weighted by Crippen LogP contribution is 2.65. The molecule has 21 heteroatoms. The first-order chi connectivity index (χ1) is 17.6. The van der Waals surface area contributed by atoms with Crippen LogP contribution in [0.15, 0.2) is 0 Å². The minimum atomic E-state index is -7.28. The van der Waals surface area contributed by atoms with E-state index in [2.05, 4.69) is 14.2 Å². The maximum Gasteiger partial charge on any atom is 0.423 e. The third kappa shape index (κ3) is 6.17. The van der Waals surface area contributed by atoms with Crippen LogP contribution in [0.25, 0.3) is 0 Å². The third-order valence-corrected chi connectivity index (χ3v) is 5.73. The van der Waals surface area contributed by atoms with Crippen LogP contribution in [0.3, 0.4) is 0 Å². The average Bonchev–Trinajstić information content (AvgIpc) is 2.76. The fourth-order valence-electron chi connectivity index (χ4n) is 3.01. The number of carbonyl (C=O) groups is 2. The predicted molar refractivity (Wildman–Crippen MR) is 95.1 cm³/mol. The summed E-state index contributed by atoms with van der Waals surface area (Å²) in [4.78, 5) is 23.7. The zero-order chi connectivity index (χ0) is 32.0. The van der Waals surface area contributed by atoms with Crippen LogP contribution in [0, 0.1) is 5.41 Å². The van der Waals surface area contributed by atoms with Gasteiger partial charge in [-0.15, -0.1) is 0 Å². The Balaban J connectivity index is 2.84. The van der Waals surface area contributed by atoms with Crippen LogP contribution < -0.4 is 0 Å². The molecule has 236 valence electrons. The summed E-state index contributed by atoms with van der Waals surface area (Å²) in [5.41, 5.74) is -2.18. The lowest BCUT2D eigenvalue weighted by atomic mass is 9.80. The van der Waals surface area contributed by atoms with Gasteiger partial charge in [0.05, 0.1) is 18.6 Å². The van der Waals surface area contributed by atoms with Crippen molar-refractivity contribution in [3.8, 4) is 0 Å². The lowest BCUT2D eigenvalue weighted by Crippen LogP contribution is -2.80. The summed E-state index contributed by atoms with van der Waals surface area (Å²) < 4.78 is 222. The van der Waals surface area contributed by atoms with Gasteiger partial charge in [0.2, 0.25) is 12.2 Å². The second-order valence-corrected chi connectivity index (χ2v) is 8.77. The lowest BCUT2D eigenvalue weighted by Gasteiger charge is -2.48. The molecule has 1 fully saturated rings. The van der Waals surface area contributed by atoms with Crippen molar-refractivity contribution in [2.75, 3.05) is 13.2 Å². The van der Waals surface area contributed by atoms with Crippen molar-refractivity contribution < 1.29 is 94.0 Å². The van der Waals surface area contributed by atoms with Crippen molar-refractivity contribution in [2.24, 2.45) is 5.41 Å². The molecule has 5 nitrogen and oxygen atoms in total. The zero-order valence-corrected chi connectivity index (χ0v) is 19.8. The molecule has 0 aromatic heterocycles. The standard InChI is InChI=1S/C19H18F16O5/c1-3-12(2,7-39-10(15(24,25)26)16(27,28)29)11(37)38-6-4-5-8(36)40-9-13(20,21)17(30,31)19(34,35)18(32,33)14(9,22)23/h9-10H,3-7H2,1-2H3. The van der Waals surface area contributed by atoms with Gasteiger partial charge in [-0.25, -0.2) is 0 Å². The van der Waals surface area contributed by atoms with E-state index in [1.165, 1.54) is 0 Å². The van der Waals surface area contributed by atoms with Crippen LogP contribution in [0.4, 0.5) is 70.2 Å². The normalized spacial score (nSPS) is 23.4. The number of hydrogen-bond acceptors (Lipinski definition) is 5. The minimum Gasteiger partial charge on any atom is -0.465 e. The SMILES string of the molecule is CCC(C)(COC(C(F)(F)F)C(F)(F)F)C(=O)OCCCC(=O)OC1C(F)(F)C(F)(F)C(F)(F)C(F)(F)C1(F)F. The van der Waals surface area contributed by atoms with Gasteiger partial charge in [0.15, 0.2) is 0 Å². The number of rotatable bonds is 10. The Bertz CT molecular complexity index is 885. The number of esters is 2. The van der Waals surface area contributed by atoms with E-state index >= 15 is 0 Å². The van der Waals surface area contributed by atoms with Gasteiger partial charge in [-0.3, -0.25) is 9.59 Å². The van der Waals surface area contributed by atoms with Crippen LogP contribution in [-0.2, 0) is 23.8 Å². The third-order valence-electron chi connectivity index (χ3n) is 5.73. The molecule has 0 spiro atoms. The van der Waals surface area contributed by atoms with Gasteiger partial charge in [0, 0.05) is 6.42 Å². The number of alkyl halides is 16. The number of hydrogen-bond donors (Lipinski definition) is 0. The topological polar surface area (TPSA) is 61.8 Å². The first-order valence-electron chi connectivity index (χ1n) is 10.6. The summed E-state index contributed by atoms with van der Waals surface area (Å²) in [7, 11) is 0. The Hall–Kier alpha value is -2.22. The smallest absolute Gasteiger partial charge is 0.423 e. The van der Waals surface area contributed by atoms with E-state index in [0.717, 1.165) is 13.8 Å². The van der Waals surface area contributed by atoms with Gasteiger partial charge in [-0.05, 0) is 19.8 Å². The second-order valence-electron chi connectivity index (χ2n) is 8.77. The van der Waals surface area contributed by atoms with E-state index in [1.807, 2.05) is 0 Å². The van der Waals surface area contributed by atoms with Crippen molar-refractivity contribution in [3.05, 3.63) is 0 Å². The maximum absolute atomic E-state index is 13.7. The van der Waals surface area contributed by atoms with E-state index in [9.17, 15) is 79.8 Å². The molecule has 1 aliphatic carbocycles. The number of carbonyl (C=O) groups excluding carboxylic acids is 2. The van der Waals surface area contributed by atoms with Crippen LogP contribution in [-0.4, -0.2) is 79.3 Å². The largest absolute Gasteiger partial charge is 0.465 e. The molecule has 1 saturated carbocycles. The van der Waals surface area contributed by atoms with Gasteiger partial charge in [-0.1, -0.05) is 6.92 Å². The summed E-state index contributed by atoms with van der Waals surface area (Å²) >= 11 is 0. The van der Waals surface area contributed by atoms with E-state index in [0.29, 0.717) is 0 Å². The number of ether oxygens (including phenoxy) is 3. The van der Waals surface area contributed by atoms with Gasteiger partial charge in [0.25, 0.3) is 0 Å². The summed E-state index contributed by atoms with van der Waals surface area (Å²) in [6, 6.07) is 0. The molecule has 0 aromatic rings. The molecule has 0 aromatic carbocycles. The predicted octanol–water partition coefficient (Wildman–Crippen LogP) is 6.34. The molecule has 0 amide bonds. The average molecular weight is 630 g/mol. The fraction of sp³-hybridized carbons (Fsp3) is 0.895. The van der Waals surface area contributed by atoms with E-state index < -0.39 is 104 Å². The summed E-state index contributed by atoms with van der Waals surface area (Å²) in [5.74, 6) is -38.8. The molecule has 0 heterocycles. The molecule has 0 saturated heterocycles. The molecule has 0 radical (unpaired) electrons. The van der Waals surface area contributed by atoms with Crippen molar-refractivity contribution in [2.45, 2.75) is 87.3 Å². The summed E-state index contributed by atoms with van der Waals surface area (Å²) in [6.07, 6.45) is -24.1. The Morgan fingerprint density at radius 1 is 0.775 bits per heavy atom. The lowest BCUT2D eigenvalue weighted by molar-refractivity contribution is -0.468. The summed E-state index contributed by atoms with van der Waals surface area (Å²) in [5, 5.41) is 0. The van der Waals surface area contributed by atoms with Crippen LogP contribution >= 0.6 is 0 Å². The van der Waals surface area contributed by atoms with Crippen molar-refractivity contribution in [3.63, 3.8) is 0 Å². The zero-order valence-electron chi connectivity index (χ0n) is 19.8. The summed E-state index contributed by atoms with van der Waals surface area (Å²) in [6.45, 7) is -0.644. The second kappa shape index (κ2) is 10.9. The van der Waals surface area contributed by atoms with Crippen molar-refractivity contribution in [1.29, 1.82) is 0 Å². The number of halogens is 16. The maximum atomic E-state index is 13.7. The molecule has 1 rings (SSSR count). The first kappa shape index (κ1) is 35.8. The monoisotopic (exact) mass is 630 g/mol. The molecule has 40 heavy (non-hydrogen) atoms. The molecule has 0 aliphatic heterocycles. The Morgan fingerprint density at radius 2 is 1.20 bits per heavy atom. The van der Waals surface area contributed by atoms with Gasteiger partial charge in [0.1, 0.15) is 0 Å². The molecule has 1 atom stereocenters. The van der Waals surface area contributed by atoms with Gasteiger partial charge in [-0.2, -0.15) is 70.2 Å².